The lowest BCUT2D eigenvalue weighted by molar-refractivity contribution is 0.506. The van der Waals surface area contributed by atoms with E-state index in [1.807, 2.05) is 0 Å². The predicted octanol–water partition coefficient (Wildman–Crippen LogP) is 4.04. The molecule has 0 bridgehead atoms. The molecule has 0 spiro atoms. The van der Waals surface area contributed by atoms with Crippen molar-refractivity contribution in [1.82, 2.24) is 0 Å². The van der Waals surface area contributed by atoms with E-state index in [2.05, 4.69) is 0 Å². The second kappa shape index (κ2) is 6.28. The number of nitrogens with two attached hydrogens (primary N) is 1. The lowest BCUT2D eigenvalue weighted by Gasteiger charge is -2.13. The molecule has 0 saturated heterocycles. The maximum absolute atomic E-state index is 13.5. The molecular formula is C14H11F4NS. The third kappa shape index (κ3) is 3.52. The molecule has 106 valence electrons. The average molecular weight is 301 g/mol. The molecule has 0 aliphatic rings. The number of rotatable bonds is 4. The Morgan fingerprint density at radius 2 is 1.60 bits per heavy atom. The van der Waals surface area contributed by atoms with Crippen molar-refractivity contribution in [2.75, 3.05) is 5.75 Å². The van der Waals surface area contributed by atoms with Crippen LogP contribution in [-0.2, 0) is 0 Å². The van der Waals surface area contributed by atoms with Crippen LogP contribution in [0.4, 0.5) is 17.6 Å². The maximum atomic E-state index is 13.5. The molecule has 1 atom stereocenters. The van der Waals surface area contributed by atoms with E-state index in [0.717, 1.165) is 42.1 Å². The second-order valence-electron chi connectivity index (χ2n) is 4.16. The smallest absolute Gasteiger partial charge is 0.159 e. The first kappa shape index (κ1) is 14.9. The van der Waals surface area contributed by atoms with Crippen LogP contribution in [0.25, 0.3) is 0 Å². The molecule has 2 aromatic rings. The van der Waals surface area contributed by atoms with E-state index in [1.54, 1.807) is 0 Å². The predicted molar refractivity (Wildman–Crippen MR) is 70.4 cm³/mol. The van der Waals surface area contributed by atoms with Gasteiger partial charge in [0, 0.05) is 22.3 Å². The summed E-state index contributed by atoms with van der Waals surface area (Å²) in [7, 11) is 0. The quantitative estimate of drug-likeness (QED) is 0.681. The summed E-state index contributed by atoms with van der Waals surface area (Å²) in [5.41, 5.74) is 5.84. The Morgan fingerprint density at radius 1 is 0.900 bits per heavy atom. The standard InChI is InChI=1S/C14H11F4NS/c15-8-1-3-11(16)10(5-8)14(19)7-20-9-2-4-12(17)13(18)6-9/h1-6,14H,7,19H2. The van der Waals surface area contributed by atoms with Crippen LogP contribution >= 0.6 is 11.8 Å². The van der Waals surface area contributed by atoms with Gasteiger partial charge in [-0.05, 0) is 36.4 Å². The molecule has 0 heterocycles. The van der Waals surface area contributed by atoms with Gasteiger partial charge in [-0.3, -0.25) is 0 Å². The zero-order valence-corrected chi connectivity index (χ0v) is 11.1. The molecule has 20 heavy (non-hydrogen) atoms. The Labute approximate surface area is 117 Å². The summed E-state index contributed by atoms with van der Waals surface area (Å²) in [6.45, 7) is 0. The number of thioether (sulfide) groups is 1. The minimum Gasteiger partial charge on any atom is -0.323 e. The fourth-order valence-electron chi connectivity index (χ4n) is 1.64. The van der Waals surface area contributed by atoms with Crippen molar-refractivity contribution < 1.29 is 17.6 Å². The minimum absolute atomic E-state index is 0.0556. The molecule has 0 amide bonds. The first-order valence-corrected chi connectivity index (χ1v) is 6.74. The summed E-state index contributed by atoms with van der Waals surface area (Å²) in [6.07, 6.45) is 0. The Morgan fingerprint density at radius 3 is 2.30 bits per heavy atom. The van der Waals surface area contributed by atoms with Gasteiger partial charge >= 0.3 is 0 Å². The van der Waals surface area contributed by atoms with Crippen molar-refractivity contribution in [3.8, 4) is 0 Å². The second-order valence-corrected chi connectivity index (χ2v) is 5.25. The van der Waals surface area contributed by atoms with Gasteiger partial charge < -0.3 is 5.73 Å². The Bertz CT molecular complexity index is 618. The van der Waals surface area contributed by atoms with E-state index in [9.17, 15) is 17.6 Å². The molecule has 0 saturated carbocycles. The van der Waals surface area contributed by atoms with Crippen LogP contribution in [0.15, 0.2) is 41.3 Å². The summed E-state index contributed by atoms with van der Waals surface area (Å²) < 4.78 is 52.3. The van der Waals surface area contributed by atoms with Crippen LogP contribution in [0.5, 0.6) is 0 Å². The van der Waals surface area contributed by atoms with Crippen LogP contribution in [0.1, 0.15) is 11.6 Å². The van der Waals surface area contributed by atoms with E-state index in [0.29, 0.717) is 4.90 Å². The molecule has 1 unspecified atom stereocenters. The van der Waals surface area contributed by atoms with Gasteiger partial charge in [-0.15, -0.1) is 11.8 Å². The van der Waals surface area contributed by atoms with Crippen molar-refractivity contribution in [1.29, 1.82) is 0 Å². The topological polar surface area (TPSA) is 26.0 Å². The third-order valence-corrected chi connectivity index (χ3v) is 3.79. The molecular weight excluding hydrogens is 290 g/mol. The van der Waals surface area contributed by atoms with Crippen LogP contribution in [0.3, 0.4) is 0 Å². The molecule has 0 aliphatic heterocycles. The lowest BCUT2D eigenvalue weighted by atomic mass is 10.1. The normalized spacial score (nSPS) is 12.4. The first-order valence-electron chi connectivity index (χ1n) is 5.76. The zero-order chi connectivity index (χ0) is 14.7. The maximum Gasteiger partial charge on any atom is 0.159 e. The van der Waals surface area contributed by atoms with Crippen molar-refractivity contribution >= 4 is 11.8 Å². The fraction of sp³-hybridized carbons (Fsp3) is 0.143. The van der Waals surface area contributed by atoms with Gasteiger partial charge in [0.1, 0.15) is 11.6 Å². The number of halogens is 4. The molecule has 0 aromatic heterocycles. The Hall–Kier alpha value is -1.53. The highest BCUT2D eigenvalue weighted by molar-refractivity contribution is 7.99. The van der Waals surface area contributed by atoms with Gasteiger partial charge in [0.15, 0.2) is 11.6 Å². The average Bonchev–Trinajstić information content (AvgIpc) is 2.42. The van der Waals surface area contributed by atoms with E-state index in [-0.39, 0.29) is 11.3 Å². The van der Waals surface area contributed by atoms with Crippen LogP contribution in [0.2, 0.25) is 0 Å². The lowest BCUT2D eigenvalue weighted by Crippen LogP contribution is -2.15. The van der Waals surface area contributed by atoms with Gasteiger partial charge in [-0.2, -0.15) is 0 Å². The van der Waals surface area contributed by atoms with Gasteiger partial charge in [0.05, 0.1) is 0 Å². The van der Waals surface area contributed by atoms with Crippen LogP contribution in [-0.4, -0.2) is 5.75 Å². The zero-order valence-electron chi connectivity index (χ0n) is 10.2. The fourth-order valence-corrected chi connectivity index (χ4v) is 2.54. The van der Waals surface area contributed by atoms with Gasteiger partial charge in [-0.25, -0.2) is 17.6 Å². The van der Waals surface area contributed by atoms with Gasteiger partial charge in [-0.1, -0.05) is 0 Å². The number of hydrogen-bond donors (Lipinski definition) is 1. The van der Waals surface area contributed by atoms with Crippen LogP contribution < -0.4 is 5.73 Å². The SMILES string of the molecule is NC(CSc1ccc(F)c(F)c1)c1cc(F)ccc1F. The third-order valence-electron chi connectivity index (χ3n) is 2.68. The van der Waals surface area contributed by atoms with Crippen molar-refractivity contribution in [2.24, 2.45) is 5.73 Å². The summed E-state index contributed by atoms with van der Waals surface area (Å²) in [5.74, 6) is -2.85. The summed E-state index contributed by atoms with van der Waals surface area (Å²) in [5, 5.41) is 0. The largest absolute Gasteiger partial charge is 0.323 e. The van der Waals surface area contributed by atoms with E-state index in [1.165, 1.54) is 6.07 Å². The highest BCUT2D eigenvalue weighted by atomic mass is 32.2. The molecule has 2 rings (SSSR count). The van der Waals surface area contributed by atoms with E-state index in [4.69, 9.17) is 5.73 Å². The number of hydrogen-bond acceptors (Lipinski definition) is 2. The highest BCUT2D eigenvalue weighted by Gasteiger charge is 2.13. The van der Waals surface area contributed by atoms with E-state index >= 15 is 0 Å². The molecule has 2 N–H and O–H groups in total. The van der Waals surface area contributed by atoms with Gasteiger partial charge in [0.2, 0.25) is 0 Å². The summed E-state index contributed by atoms with van der Waals surface area (Å²) in [6, 6.07) is 5.74. The molecule has 0 fully saturated rings. The van der Waals surface area contributed by atoms with Crippen molar-refractivity contribution in [3.63, 3.8) is 0 Å². The van der Waals surface area contributed by atoms with E-state index < -0.39 is 29.3 Å². The monoisotopic (exact) mass is 301 g/mol. The van der Waals surface area contributed by atoms with Crippen molar-refractivity contribution in [2.45, 2.75) is 10.9 Å². The molecule has 1 nitrogen and oxygen atoms in total. The first-order chi connectivity index (χ1) is 9.47. The Kier molecular flexibility index (Phi) is 4.67. The molecule has 2 aromatic carbocycles. The van der Waals surface area contributed by atoms with Crippen molar-refractivity contribution in [3.05, 3.63) is 65.2 Å². The summed E-state index contributed by atoms with van der Waals surface area (Å²) >= 11 is 1.14. The van der Waals surface area contributed by atoms with Crippen LogP contribution in [0, 0.1) is 23.3 Å². The summed E-state index contributed by atoms with van der Waals surface area (Å²) in [4.78, 5) is 0.469. The molecule has 0 aliphatic carbocycles. The molecule has 6 heteroatoms. The number of benzene rings is 2. The molecule has 0 radical (unpaired) electrons. The highest BCUT2D eigenvalue weighted by Crippen LogP contribution is 2.26. The Balaban J connectivity index is 2.06. The van der Waals surface area contributed by atoms with Gasteiger partial charge in [0.25, 0.3) is 0 Å². The minimum atomic E-state index is -0.958.